The van der Waals surface area contributed by atoms with Gasteiger partial charge in [0.05, 0.1) is 16.3 Å². The van der Waals surface area contributed by atoms with Crippen molar-refractivity contribution in [2.45, 2.75) is 4.90 Å². The van der Waals surface area contributed by atoms with Crippen LogP contribution in [0.5, 0.6) is 5.75 Å². The summed E-state index contributed by atoms with van der Waals surface area (Å²) in [5, 5.41) is 2.02. The molecule has 2 heterocycles. The number of carbonyl (C=O) groups excluding carboxylic acids is 1. The number of benzene rings is 2. The first kappa shape index (κ1) is 18.9. The number of aromatic nitrogens is 1. The number of likely N-dealkylation sites (N-methyl/N-ethyl adjacent to an activating group) is 1. The number of sulfonamides is 1. The van der Waals surface area contributed by atoms with Crippen molar-refractivity contribution >= 4 is 54.0 Å². The second-order valence-electron chi connectivity index (χ2n) is 6.02. The first-order valence-electron chi connectivity index (χ1n) is 8.11. The maximum absolute atomic E-state index is 12.5. The number of amides is 1. The first-order valence-corrected chi connectivity index (χ1v) is 11.3. The number of carbonyl (C=O) groups is 1. The lowest BCUT2D eigenvalue weighted by molar-refractivity contribution is -0.120. The van der Waals surface area contributed by atoms with Gasteiger partial charge in [0.25, 0.3) is 15.9 Å². The molecular formula is C18H14BrN3O4S2. The van der Waals surface area contributed by atoms with Crippen LogP contribution < -0.4 is 14.4 Å². The quantitative estimate of drug-likeness (QED) is 0.615. The lowest BCUT2D eigenvalue weighted by Gasteiger charge is -2.26. The molecule has 2 aromatic carbocycles. The molecule has 0 atom stereocenters. The van der Waals surface area contributed by atoms with Crippen molar-refractivity contribution in [3.05, 3.63) is 52.3 Å². The Hall–Kier alpha value is -2.43. The minimum atomic E-state index is -3.73. The summed E-state index contributed by atoms with van der Waals surface area (Å²) in [4.78, 5) is 17.9. The van der Waals surface area contributed by atoms with Crippen LogP contribution in [0, 0.1) is 0 Å². The monoisotopic (exact) mass is 479 g/mol. The molecule has 0 spiro atoms. The van der Waals surface area contributed by atoms with Crippen molar-refractivity contribution in [3.8, 4) is 17.0 Å². The molecule has 144 valence electrons. The van der Waals surface area contributed by atoms with E-state index in [4.69, 9.17) is 4.74 Å². The van der Waals surface area contributed by atoms with Crippen LogP contribution in [0.4, 0.5) is 10.8 Å². The SMILES string of the molecule is CN1C(=O)COc2ccc(-c3csc(NS(=O)(=O)c4ccc(Br)cc4)n3)cc21. The number of ether oxygens (including phenoxy) is 1. The van der Waals surface area contributed by atoms with Gasteiger partial charge in [0, 0.05) is 22.5 Å². The van der Waals surface area contributed by atoms with Crippen molar-refractivity contribution < 1.29 is 17.9 Å². The van der Waals surface area contributed by atoms with Gasteiger partial charge in [0.1, 0.15) is 5.75 Å². The molecule has 0 saturated heterocycles. The van der Waals surface area contributed by atoms with Gasteiger partial charge < -0.3 is 9.64 Å². The number of fused-ring (bicyclic) bond motifs is 1. The second-order valence-corrected chi connectivity index (χ2v) is 9.48. The first-order chi connectivity index (χ1) is 13.3. The number of rotatable bonds is 4. The van der Waals surface area contributed by atoms with Gasteiger partial charge in [-0.2, -0.15) is 0 Å². The zero-order chi connectivity index (χ0) is 19.9. The molecule has 0 bridgehead atoms. The fraction of sp³-hybridized carbons (Fsp3) is 0.111. The van der Waals surface area contributed by atoms with E-state index in [0.29, 0.717) is 17.1 Å². The number of nitrogens with one attached hydrogen (secondary N) is 1. The number of hydrogen-bond acceptors (Lipinski definition) is 6. The van der Waals surface area contributed by atoms with Crippen LogP contribution in [0.25, 0.3) is 11.3 Å². The number of anilines is 2. The summed E-state index contributed by atoms with van der Waals surface area (Å²) in [6.45, 7) is 0.0154. The van der Waals surface area contributed by atoms with E-state index in [2.05, 4.69) is 25.6 Å². The summed E-state index contributed by atoms with van der Waals surface area (Å²) in [6, 6.07) is 11.7. The maximum atomic E-state index is 12.5. The van der Waals surface area contributed by atoms with Gasteiger partial charge in [-0.25, -0.2) is 13.4 Å². The van der Waals surface area contributed by atoms with Crippen molar-refractivity contribution in [1.82, 2.24) is 4.98 Å². The number of thiazole rings is 1. The molecule has 1 aromatic heterocycles. The summed E-state index contributed by atoms with van der Waals surface area (Å²) in [5.41, 5.74) is 2.01. The Morgan fingerprint density at radius 1 is 1.21 bits per heavy atom. The number of hydrogen-bond donors (Lipinski definition) is 1. The van der Waals surface area contributed by atoms with Crippen LogP contribution in [-0.4, -0.2) is 33.0 Å². The lowest BCUT2D eigenvalue weighted by Crippen LogP contribution is -2.35. The van der Waals surface area contributed by atoms with Crippen LogP contribution in [0.15, 0.2) is 57.2 Å². The highest BCUT2D eigenvalue weighted by Crippen LogP contribution is 2.36. The van der Waals surface area contributed by atoms with Crippen molar-refractivity contribution in [2.24, 2.45) is 0 Å². The Balaban J connectivity index is 1.60. The van der Waals surface area contributed by atoms with Crippen LogP contribution in [-0.2, 0) is 14.8 Å². The lowest BCUT2D eigenvalue weighted by atomic mass is 10.1. The van der Waals surface area contributed by atoms with Crippen LogP contribution in [0.1, 0.15) is 0 Å². The molecule has 1 aliphatic rings. The third-order valence-corrected chi connectivity index (χ3v) is 6.96. The highest BCUT2D eigenvalue weighted by molar-refractivity contribution is 9.10. The third kappa shape index (κ3) is 3.62. The normalized spacial score (nSPS) is 13.8. The van der Waals surface area contributed by atoms with Gasteiger partial charge in [-0.1, -0.05) is 15.9 Å². The van der Waals surface area contributed by atoms with Crippen molar-refractivity contribution in [1.29, 1.82) is 0 Å². The third-order valence-electron chi connectivity index (χ3n) is 4.19. The summed E-state index contributed by atoms with van der Waals surface area (Å²) in [6.07, 6.45) is 0. The Morgan fingerprint density at radius 3 is 2.71 bits per heavy atom. The molecule has 7 nitrogen and oxygen atoms in total. The molecule has 10 heteroatoms. The van der Waals surface area contributed by atoms with E-state index in [-0.39, 0.29) is 22.5 Å². The van der Waals surface area contributed by atoms with E-state index in [1.54, 1.807) is 36.7 Å². The summed E-state index contributed by atoms with van der Waals surface area (Å²) < 4.78 is 33.7. The van der Waals surface area contributed by atoms with Crippen LogP contribution in [0.3, 0.4) is 0 Å². The van der Waals surface area contributed by atoms with Gasteiger partial charge in [-0.3, -0.25) is 9.52 Å². The Bertz CT molecular complexity index is 1160. The minimum Gasteiger partial charge on any atom is -0.482 e. The van der Waals surface area contributed by atoms with E-state index in [1.165, 1.54) is 28.4 Å². The number of halogens is 1. The van der Waals surface area contributed by atoms with Gasteiger partial charge >= 0.3 is 0 Å². The predicted octanol–water partition coefficient (Wildman–Crippen LogP) is 3.73. The zero-order valence-electron chi connectivity index (χ0n) is 14.5. The standard InChI is InChI=1S/C18H14BrN3O4S2/c1-22-15-8-11(2-7-16(15)26-9-17(22)23)14-10-27-18(20-14)21-28(24,25)13-5-3-12(19)4-6-13/h2-8,10H,9H2,1H3,(H,20,21). The molecule has 0 fully saturated rings. The number of nitrogens with zero attached hydrogens (tertiary/aromatic N) is 2. The van der Waals surface area contributed by atoms with Crippen LogP contribution in [0.2, 0.25) is 0 Å². The Kier molecular flexibility index (Phi) is 4.86. The minimum absolute atomic E-state index is 0.0154. The molecule has 28 heavy (non-hydrogen) atoms. The smallest absolute Gasteiger partial charge is 0.264 e. The van der Waals surface area contributed by atoms with Gasteiger partial charge in [-0.05, 0) is 42.5 Å². The van der Waals surface area contributed by atoms with Gasteiger partial charge in [-0.15, -0.1) is 11.3 Å². The topological polar surface area (TPSA) is 88.6 Å². The van der Waals surface area contributed by atoms with E-state index < -0.39 is 10.0 Å². The van der Waals surface area contributed by atoms with Crippen molar-refractivity contribution in [3.63, 3.8) is 0 Å². The molecular weight excluding hydrogens is 466 g/mol. The Morgan fingerprint density at radius 2 is 1.96 bits per heavy atom. The van der Waals surface area contributed by atoms with E-state index in [9.17, 15) is 13.2 Å². The molecule has 1 N–H and O–H groups in total. The highest BCUT2D eigenvalue weighted by Gasteiger charge is 2.23. The second kappa shape index (κ2) is 7.19. The Labute approximate surface area is 174 Å². The highest BCUT2D eigenvalue weighted by atomic mass is 79.9. The molecule has 0 radical (unpaired) electrons. The van der Waals surface area contributed by atoms with Gasteiger partial charge in [0.2, 0.25) is 0 Å². The molecule has 0 aliphatic carbocycles. The molecule has 3 aromatic rings. The van der Waals surface area contributed by atoms with Crippen LogP contribution >= 0.6 is 27.3 Å². The summed E-state index contributed by atoms with van der Waals surface area (Å²) in [7, 11) is -2.04. The van der Waals surface area contributed by atoms with Gasteiger partial charge in [0.15, 0.2) is 11.7 Å². The molecule has 1 amide bonds. The van der Waals surface area contributed by atoms with E-state index >= 15 is 0 Å². The maximum Gasteiger partial charge on any atom is 0.264 e. The van der Waals surface area contributed by atoms with E-state index in [0.717, 1.165) is 10.0 Å². The summed E-state index contributed by atoms with van der Waals surface area (Å²) >= 11 is 4.47. The zero-order valence-corrected chi connectivity index (χ0v) is 17.8. The average Bonchev–Trinajstić information content (AvgIpc) is 3.13. The fourth-order valence-electron chi connectivity index (χ4n) is 2.67. The predicted molar refractivity (Wildman–Crippen MR) is 111 cm³/mol. The molecule has 4 rings (SSSR count). The van der Waals surface area contributed by atoms with Crippen molar-refractivity contribution in [2.75, 3.05) is 23.3 Å². The molecule has 0 unspecified atom stereocenters. The molecule has 0 saturated carbocycles. The summed E-state index contributed by atoms with van der Waals surface area (Å²) in [5.74, 6) is 0.489. The molecule has 1 aliphatic heterocycles. The fourth-order valence-corrected chi connectivity index (χ4v) is 4.91. The average molecular weight is 480 g/mol. The van der Waals surface area contributed by atoms with E-state index in [1.807, 2.05) is 6.07 Å². The largest absolute Gasteiger partial charge is 0.482 e.